The number of H-pyrrole nitrogens is 1. The number of nitrogens with one attached hydrogen (secondary N) is 1. The van der Waals surface area contributed by atoms with Gasteiger partial charge in [0, 0.05) is 11.6 Å². The number of hydrogen-bond acceptors (Lipinski definition) is 5. The average molecular weight is 285 g/mol. The molecule has 0 saturated carbocycles. The maximum atomic E-state index is 12.0. The number of benzene rings is 1. The standard InChI is InChI=1S/C14H11N3O2S/c1-20-14-15-8-9-7-11(13(18)16-12(9)17-14)19-10-5-3-2-4-6-10/h2-8H,1H3,(H,15,16,17,18). The predicted molar refractivity (Wildman–Crippen MR) is 78.5 cm³/mol. The Hall–Kier alpha value is -2.34. The number of aromatic nitrogens is 3. The summed E-state index contributed by atoms with van der Waals surface area (Å²) in [6.07, 6.45) is 3.55. The van der Waals surface area contributed by atoms with Crippen molar-refractivity contribution in [1.29, 1.82) is 0 Å². The quantitative estimate of drug-likeness (QED) is 0.592. The van der Waals surface area contributed by atoms with E-state index in [2.05, 4.69) is 15.0 Å². The zero-order valence-corrected chi connectivity index (χ0v) is 11.5. The van der Waals surface area contributed by atoms with Crippen molar-refractivity contribution in [3.8, 4) is 11.5 Å². The lowest BCUT2D eigenvalue weighted by Crippen LogP contribution is -2.09. The van der Waals surface area contributed by atoms with Gasteiger partial charge in [0.1, 0.15) is 11.4 Å². The van der Waals surface area contributed by atoms with Gasteiger partial charge in [-0.1, -0.05) is 30.0 Å². The number of aromatic amines is 1. The SMILES string of the molecule is CSc1ncc2cc(Oc3ccccc3)c(=O)[nH]c2n1. The van der Waals surface area contributed by atoms with Crippen LogP contribution in [0.2, 0.25) is 0 Å². The average Bonchev–Trinajstić information content (AvgIpc) is 2.48. The highest BCUT2D eigenvalue weighted by molar-refractivity contribution is 7.98. The number of ether oxygens (including phenoxy) is 1. The van der Waals surface area contributed by atoms with Gasteiger partial charge in [-0.25, -0.2) is 9.97 Å². The number of hydrogen-bond donors (Lipinski definition) is 1. The first-order valence-corrected chi connectivity index (χ1v) is 7.16. The molecule has 0 amide bonds. The summed E-state index contributed by atoms with van der Waals surface area (Å²) in [5.41, 5.74) is 0.196. The van der Waals surface area contributed by atoms with Crippen molar-refractivity contribution in [1.82, 2.24) is 15.0 Å². The van der Waals surface area contributed by atoms with E-state index in [1.165, 1.54) is 11.8 Å². The first-order chi connectivity index (χ1) is 9.76. The third kappa shape index (κ3) is 2.50. The summed E-state index contributed by atoms with van der Waals surface area (Å²) >= 11 is 1.42. The molecule has 3 rings (SSSR count). The normalized spacial score (nSPS) is 10.7. The van der Waals surface area contributed by atoms with Crippen molar-refractivity contribution in [2.75, 3.05) is 6.26 Å². The first kappa shape index (κ1) is 12.7. The van der Waals surface area contributed by atoms with Crippen LogP contribution in [0.25, 0.3) is 11.0 Å². The van der Waals surface area contributed by atoms with E-state index in [0.717, 1.165) is 5.39 Å². The van der Waals surface area contributed by atoms with Gasteiger partial charge in [-0.3, -0.25) is 4.79 Å². The van der Waals surface area contributed by atoms with Crippen LogP contribution in [0, 0.1) is 0 Å². The Morgan fingerprint density at radius 3 is 2.80 bits per heavy atom. The van der Waals surface area contributed by atoms with E-state index in [-0.39, 0.29) is 11.3 Å². The van der Waals surface area contributed by atoms with Crippen LogP contribution in [0.4, 0.5) is 0 Å². The van der Waals surface area contributed by atoms with Gasteiger partial charge in [0.25, 0.3) is 5.56 Å². The smallest absolute Gasteiger partial charge is 0.292 e. The zero-order chi connectivity index (χ0) is 13.9. The molecular weight excluding hydrogens is 274 g/mol. The van der Waals surface area contributed by atoms with Crippen LogP contribution in [0.3, 0.4) is 0 Å². The molecule has 1 N–H and O–H groups in total. The fourth-order valence-corrected chi connectivity index (χ4v) is 2.09. The van der Waals surface area contributed by atoms with E-state index in [1.807, 2.05) is 24.5 Å². The van der Waals surface area contributed by atoms with E-state index in [0.29, 0.717) is 16.6 Å². The van der Waals surface area contributed by atoms with Crippen molar-refractivity contribution in [2.45, 2.75) is 5.16 Å². The van der Waals surface area contributed by atoms with Crippen LogP contribution in [-0.2, 0) is 0 Å². The third-order valence-corrected chi connectivity index (χ3v) is 3.25. The van der Waals surface area contributed by atoms with E-state index >= 15 is 0 Å². The van der Waals surface area contributed by atoms with Gasteiger partial charge in [0.05, 0.1) is 0 Å². The number of rotatable bonds is 3. The minimum Gasteiger partial charge on any atom is -0.452 e. The Balaban J connectivity index is 2.04. The third-order valence-electron chi connectivity index (χ3n) is 2.69. The van der Waals surface area contributed by atoms with Gasteiger partial charge in [-0.15, -0.1) is 0 Å². The summed E-state index contributed by atoms with van der Waals surface area (Å²) < 4.78 is 5.57. The maximum Gasteiger partial charge on any atom is 0.292 e. The van der Waals surface area contributed by atoms with Crippen molar-refractivity contribution < 1.29 is 4.74 Å². The van der Waals surface area contributed by atoms with Crippen molar-refractivity contribution in [2.24, 2.45) is 0 Å². The van der Waals surface area contributed by atoms with E-state index in [1.54, 1.807) is 24.4 Å². The Morgan fingerprint density at radius 1 is 1.25 bits per heavy atom. The largest absolute Gasteiger partial charge is 0.452 e. The lowest BCUT2D eigenvalue weighted by molar-refractivity contribution is 0.476. The molecule has 0 fully saturated rings. The molecule has 0 aliphatic heterocycles. The van der Waals surface area contributed by atoms with E-state index < -0.39 is 0 Å². The zero-order valence-electron chi connectivity index (χ0n) is 10.7. The van der Waals surface area contributed by atoms with Gasteiger partial charge in [-0.2, -0.15) is 0 Å². The highest BCUT2D eigenvalue weighted by atomic mass is 32.2. The van der Waals surface area contributed by atoms with Gasteiger partial charge in [0.2, 0.25) is 0 Å². The molecule has 20 heavy (non-hydrogen) atoms. The molecule has 2 heterocycles. The Bertz CT molecular complexity index is 802. The summed E-state index contributed by atoms with van der Waals surface area (Å²) in [6, 6.07) is 10.8. The van der Waals surface area contributed by atoms with Crippen molar-refractivity contribution in [3.63, 3.8) is 0 Å². The van der Waals surface area contributed by atoms with E-state index in [4.69, 9.17) is 4.74 Å². The van der Waals surface area contributed by atoms with Crippen molar-refractivity contribution in [3.05, 3.63) is 52.9 Å². The predicted octanol–water partition coefficient (Wildman–Crippen LogP) is 2.83. The Kier molecular flexibility index (Phi) is 3.39. The summed E-state index contributed by atoms with van der Waals surface area (Å²) in [7, 11) is 0. The molecular formula is C14H11N3O2S. The lowest BCUT2D eigenvalue weighted by Gasteiger charge is -2.05. The second-order valence-electron chi connectivity index (χ2n) is 4.04. The molecule has 5 nitrogen and oxygen atoms in total. The summed E-state index contributed by atoms with van der Waals surface area (Å²) in [4.78, 5) is 23.1. The number of pyridine rings is 1. The van der Waals surface area contributed by atoms with Gasteiger partial charge >= 0.3 is 0 Å². The second-order valence-corrected chi connectivity index (χ2v) is 4.81. The molecule has 0 saturated heterocycles. The number of fused-ring (bicyclic) bond motifs is 1. The molecule has 100 valence electrons. The van der Waals surface area contributed by atoms with Crippen LogP contribution >= 0.6 is 11.8 Å². The van der Waals surface area contributed by atoms with Crippen LogP contribution in [0.15, 0.2) is 52.5 Å². The molecule has 0 atom stereocenters. The minimum atomic E-state index is -0.313. The van der Waals surface area contributed by atoms with Crippen LogP contribution < -0.4 is 10.3 Å². The monoisotopic (exact) mass is 285 g/mol. The summed E-state index contributed by atoms with van der Waals surface area (Å²) in [5, 5.41) is 1.35. The van der Waals surface area contributed by atoms with E-state index in [9.17, 15) is 4.79 Å². The number of thioether (sulfide) groups is 1. The number of nitrogens with zero attached hydrogens (tertiary/aromatic N) is 2. The van der Waals surface area contributed by atoms with Crippen LogP contribution in [0.1, 0.15) is 0 Å². The van der Waals surface area contributed by atoms with Crippen LogP contribution in [-0.4, -0.2) is 21.2 Å². The van der Waals surface area contributed by atoms with Crippen molar-refractivity contribution >= 4 is 22.8 Å². The summed E-state index contributed by atoms with van der Waals surface area (Å²) in [6.45, 7) is 0. The highest BCUT2D eigenvalue weighted by Crippen LogP contribution is 2.20. The van der Waals surface area contributed by atoms with Gasteiger partial charge < -0.3 is 9.72 Å². The number of para-hydroxylation sites is 1. The lowest BCUT2D eigenvalue weighted by atomic mass is 10.3. The molecule has 1 aromatic carbocycles. The molecule has 0 aliphatic rings. The second kappa shape index (κ2) is 5.34. The molecule has 0 aliphatic carbocycles. The summed E-state index contributed by atoms with van der Waals surface area (Å²) in [5.74, 6) is 0.836. The molecule has 2 aromatic heterocycles. The van der Waals surface area contributed by atoms with Gasteiger partial charge in [-0.05, 0) is 24.5 Å². The highest BCUT2D eigenvalue weighted by Gasteiger charge is 2.07. The Labute approximate surface area is 119 Å². The molecule has 0 radical (unpaired) electrons. The minimum absolute atomic E-state index is 0.226. The van der Waals surface area contributed by atoms with Crippen LogP contribution in [0.5, 0.6) is 11.5 Å². The first-order valence-electron chi connectivity index (χ1n) is 5.93. The molecule has 0 bridgehead atoms. The Morgan fingerprint density at radius 2 is 2.05 bits per heavy atom. The van der Waals surface area contributed by atoms with Gasteiger partial charge in [0.15, 0.2) is 10.9 Å². The topological polar surface area (TPSA) is 67.9 Å². The fourth-order valence-electron chi connectivity index (χ4n) is 1.75. The molecule has 0 spiro atoms. The molecule has 6 heteroatoms. The molecule has 0 unspecified atom stereocenters. The fraction of sp³-hybridized carbons (Fsp3) is 0.0714. The molecule has 3 aromatic rings. The maximum absolute atomic E-state index is 12.0.